The first-order valence-corrected chi connectivity index (χ1v) is 8.80. The number of rotatable bonds is 3. The van der Waals surface area contributed by atoms with Crippen molar-refractivity contribution in [2.75, 3.05) is 0 Å². The quantitative estimate of drug-likeness (QED) is 0.481. The van der Waals surface area contributed by atoms with Crippen LogP contribution in [-0.2, 0) is 0 Å². The highest BCUT2D eigenvalue weighted by molar-refractivity contribution is 5.89. The molecule has 3 aromatic heterocycles. The van der Waals surface area contributed by atoms with Crippen LogP contribution in [0.4, 0.5) is 0 Å². The minimum Gasteiger partial charge on any atom is -0.337 e. The molecule has 0 aliphatic rings. The molecule has 0 aliphatic carbocycles. The second kappa shape index (κ2) is 6.21. The first-order valence-electron chi connectivity index (χ1n) is 8.80. The third kappa shape index (κ3) is 2.69. The van der Waals surface area contributed by atoms with Crippen molar-refractivity contribution in [3.8, 4) is 33.9 Å². The monoisotopic (exact) mass is 351 g/mol. The van der Waals surface area contributed by atoms with Crippen molar-refractivity contribution in [3.63, 3.8) is 0 Å². The largest absolute Gasteiger partial charge is 0.337 e. The van der Waals surface area contributed by atoms with Gasteiger partial charge in [0, 0.05) is 40.2 Å². The molecule has 5 rings (SSSR count). The zero-order chi connectivity index (χ0) is 18.2. The van der Waals surface area contributed by atoms with E-state index in [4.69, 9.17) is 4.98 Å². The van der Waals surface area contributed by atoms with Gasteiger partial charge in [0.15, 0.2) is 0 Å². The van der Waals surface area contributed by atoms with Crippen LogP contribution in [0.3, 0.4) is 0 Å². The number of aromatic nitrogens is 5. The lowest BCUT2D eigenvalue weighted by Gasteiger charge is -2.03. The van der Waals surface area contributed by atoms with Crippen LogP contribution in [-0.4, -0.2) is 25.1 Å². The van der Waals surface area contributed by atoms with Crippen molar-refractivity contribution in [2.45, 2.75) is 6.92 Å². The molecule has 3 heterocycles. The Kier molecular flexibility index (Phi) is 3.57. The van der Waals surface area contributed by atoms with Crippen LogP contribution >= 0.6 is 0 Å². The van der Waals surface area contributed by atoms with Crippen molar-refractivity contribution < 1.29 is 0 Å². The lowest BCUT2D eigenvalue weighted by Crippen LogP contribution is -1.85. The fourth-order valence-corrected chi connectivity index (χ4v) is 3.33. The number of aryl methyl sites for hydroxylation is 1. The summed E-state index contributed by atoms with van der Waals surface area (Å²) < 4.78 is 0. The lowest BCUT2D eigenvalue weighted by atomic mass is 10.0. The van der Waals surface area contributed by atoms with Gasteiger partial charge in [0.1, 0.15) is 5.82 Å². The molecule has 0 spiro atoms. The summed E-state index contributed by atoms with van der Waals surface area (Å²) in [4.78, 5) is 12.6. The van der Waals surface area contributed by atoms with Crippen molar-refractivity contribution in [3.05, 3.63) is 78.8 Å². The number of H-pyrrole nitrogens is 2. The number of aromatic amines is 2. The maximum Gasteiger partial charge on any atom is 0.138 e. The third-order valence-electron chi connectivity index (χ3n) is 4.74. The van der Waals surface area contributed by atoms with Crippen LogP contribution in [0, 0.1) is 6.92 Å². The molecule has 0 fully saturated rings. The molecule has 5 nitrogen and oxygen atoms in total. The second-order valence-electron chi connectivity index (χ2n) is 6.49. The van der Waals surface area contributed by atoms with E-state index in [-0.39, 0.29) is 0 Å². The molecule has 2 aromatic carbocycles. The molecule has 130 valence electrons. The van der Waals surface area contributed by atoms with E-state index in [1.54, 1.807) is 12.4 Å². The van der Waals surface area contributed by atoms with Crippen LogP contribution < -0.4 is 0 Å². The molecule has 0 aliphatic heterocycles. The SMILES string of the molecule is Cc1[nH]nc2ccc(-c3nc(-c4ccccc4)[nH]c3-c3ccncc3)cc12. The summed E-state index contributed by atoms with van der Waals surface area (Å²) in [6.07, 6.45) is 3.59. The second-order valence-corrected chi connectivity index (χ2v) is 6.49. The van der Waals surface area contributed by atoms with Gasteiger partial charge in [0.05, 0.1) is 16.9 Å². The van der Waals surface area contributed by atoms with Gasteiger partial charge >= 0.3 is 0 Å². The highest BCUT2D eigenvalue weighted by Crippen LogP contribution is 2.34. The van der Waals surface area contributed by atoms with Gasteiger partial charge < -0.3 is 4.98 Å². The Morgan fingerprint density at radius 2 is 1.63 bits per heavy atom. The van der Waals surface area contributed by atoms with E-state index < -0.39 is 0 Å². The topological polar surface area (TPSA) is 70.2 Å². The molecule has 27 heavy (non-hydrogen) atoms. The maximum atomic E-state index is 4.94. The normalized spacial score (nSPS) is 11.1. The third-order valence-corrected chi connectivity index (χ3v) is 4.74. The average Bonchev–Trinajstić information content (AvgIpc) is 3.34. The zero-order valence-electron chi connectivity index (χ0n) is 14.8. The van der Waals surface area contributed by atoms with E-state index >= 15 is 0 Å². The highest BCUT2D eigenvalue weighted by atomic mass is 15.1. The highest BCUT2D eigenvalue weighted by Gasteiger charge is 2.16. The summed E-state index contributed by atoms with van der Waals surface area (Å²) in [5.74, 6) is 0.849. The van der Waals surface area contributed by atoms with Crippen LogP contribution in [0.2, 0.25) is 0 Å². The Labute approximate surface area is 156 Å². The minimum atomic E-state index is 0.849. The molecule has 0 unspecified atom stereocenters. The summed E-state index contributed by atoms with van der Waals surface area (Å²) in [5, 5.41) is 8.48. The summed E-state index contributed by atoms with van der Waals surface area (Å²) in [5.41, 5.74) is 7.08. The van der Waals surface area contributed by atoms with Gasteiger partial charge in [-0.25, -0.2) is 4.98 Å². The predicted molar refractivity (Wildman–Crippen MR) is 107 cm³/mol. The predicted octanol–water partition coefficient (Wildman–Crippen LogP) is 4.99. The Bertz CT molecular complexity index is 1220. The minimum absolute atomic E-state index is 0.849. The molecule has 5 heteroatoms. The van der Waals surface area contributed by atoms with Crippen molar-refractivity contribution >= 4 is 10.9 Å². The average molecular weight is 351 g/mol. The summed E-state index contributed by atoms with van der Waals surface area (Å²) in [7, 11) is 0. The Balaban J connectivity index is 1.74. The molecule has 0 saturated carbocycles. The maximum absolute atomic E-state index is 4.94. The van der Waals surface area contributed by atoms with Crippen LogP contribution in [0.15, 0.2) is 73.1 Å². The van der Waals surface area contributed by atoms with E-state index in [0.29, 0.717) is 0 Å². The number of nitrogens with one attached hydrogen (secondary N) is 2. The molecule has 0 saturated heterocycles. The molecular formula is C22H17N5. The van der Waals surface area contributed by atoms with Gasteiger partial charge in [0.25, 0.3) is 0 Å². The molecule has 0 amide bonds. The van der Waals surface area contributed by atoms with Crippen molar-refractivity contribution in [1.29, 1.82) is 0 Å². The van der Waals surface area contributed by atoms with E-state index in [9.17, 15) is 0 Å². The Morgan fingerprint density at radius 1 is 0.815 bits per heavy atom. The van der Waals surface area contributed by atoms with Crippen LogP contribution in [0.5, 0.6) is 0 Å². The van der Waals surface area contributed by atoms with Gasteiger partial charge in [-0.1, -0.05) is 36.4 Å². The van der Waals surface area contributed by atoms with Gasteiger partial charge in [-0.05, 0) is 31.2 Å². The van der Waals surface area contributed by atoms with Gasteiger partial charge in [-0.2, -0.15) is 5.10 Å². The fourth-order valence-electron chi connectivity index (χ4n) is 3.33. The van der Waals surface area contributed by atoms with E-state index in [1.165, 1.54) is 0 Å². The van der Waals surface area contributed by atoms with Crippen LogP contribution in [0.25, 0.3) is 44.8 Å². The Morgan fingerprint density at radius 3 is 2.44 bits per heavy atom. The number of imidazole rings is 1. The number of nitrogens with zero attached hydrogens (tertiary/aromatic N) is 3. The number of benzene rings is 2. The molecule has 0 atom stereocenters. The number of pyridine rings is 1. The zero-order valence-corrected chi connectivity index (χ0v) is 14.8. The number of hydrogen-bond donors (Lipinski definition) is 2. The van der Waals surface area contributed by atoms with Gasteiger partial charge in [-0.3, -0.25) is 10.1 Å². The van der Waals surface area contributed by atoms with Crippen molar-refractivity contribution in [2.24, 2.45) is 0 Å². The molecule has 0 bridgehead atoms. The van der Waals surface area contributed by atoms with E-state index in [0.717, 1.165) is 50.5 Å². The molecule has 2 N–H and O–H groups in total. The number of fused-ring (bicyclic) bond motifs is 1. The van der Waals surface area contributed by atoms with Crippen LogP contribution in [0.1, 0.15) is 5.69 Å². The first kappa shape index (κ1) is 15.5. The smallest absolute Gasteiger partial charge is 0.138 e. The van der Waals surface area contributed by atoms with Gasteiger partial charge in [-0.15, -0.1) is 0 Å². The lowest BCUT2D eigenvalue weighted by molar-refractivity contribution is 1.07. The molecule has 5 aromatic rings. The summed E-state index contributed by atoms with van der Waals surface area (Å²) >= 11 is 0. The molecule has 0 radical (unpaired) electrons. The van der Waals surface area contributed by atoms with E-state index in [2.05, 4.69) is 44.4 Å². The van der Waals surface area contributed by atoms with Crippen molar-refractivity contribution in [1.82, 2.24) is 25.1 Å². The summed E-state index contributed by atoms with van der Waals surface area (Å²) in [6.45, 7) is 2.03. The van der Waals surface area contributed by atoms with E-state index in [1.807, 2.05) is 43.3 Å². The first-order chi connectivity index (χ1) is 13.3. The standard InChI is InChI=1S/C22H17N5/c1-14-18-13-17(7-8-19(18)27-26-14)21-20(15-9-11-23-12-10-15)24-22(25-21)16-5-3-2-4-6-16/h2-13H,1H3,(H,24,25)(H,26,27). The fraction of sp³-hybridized carbons (Fsp3) is 0.0455. The Hall–Kier alpha value is -3.73. The summed E-state index contributed by atoms with van der Waals surface area (Å²) in [6, 6.07) is 20.4. The number of hydrogen-bond acceptors (Lipinski definition) is 3. The molecular weight excluding hydrogens is 334 g/mol. The van der Waals surface area contributed by atoms with Gasteiger partial charge in [0.2, 0.25) is 0 Å².